The van der Waals surface area contributed by atoms with Crippen molar-refractivity contribution in [3.63, 3.8) is 0 Å². The highest BCUT2D eigenvalue weighted by Gasteiger charge is 2.12. The van der Waals surface area contributed by atoms with E-state index in [0.717, 1.165) is 0 Å². The van der Waals surface area contributed by atoms with Gasteiger partial charge in [0.15, 0.2) is 0 Å². The van der Waals surface area contributed by atoms with Crippen molar-refractivity contribution < 1.29 is 8.78 Å². The Labute approximate surface area is 110 Å². The smallest absolute Gasteiger partial charge is 0.148 e. The van der Waals surface area contributed by atoms with Gasteiger partial charge in [0.25, 0.3) is 0 Å². The minimum absolute atomic E-state index is 0.348. The van der Waals surface area contributed by atoms with Crippen molar-refractivity contribution in [1.82, 2.24) is 9.97 Å². The summed E-state index contributed by atoms with van der Waals surface area (Å²) in [5.74, 6) is -0.362. The average Bonchev–Trinajstić information content (AvgIpc) is 2.75. The van der Waals surface area contributed by atoms with Crippen LogP contribution in [0.4, 0.5) is 8.78 Å². The Morgan fingerprint density at radius 1 is 1.11 bits per heavy atom. The zero-order valence-corrected chi connectivity index (χ0v) is 10.6. The van der Waals surface area contributed by atoms with Gasteiger partial charge >= 0.3 is 0 Å². The first kappa shape index (κ1) is 11.3. The SMILES string of the molecule is Fc1ccc2nc(-c3cccc(Br)c3F)[nH]c2c1. The molecule has 18 heavy (non-hydrogen) atoms. The molecule has 0 atom stereocenters. The molecule has 3 aromatic rings. The summed E-state index contributed by atoms with van der Waals surface area (Å²) in [7, 11) is 0. The number of imidazole rings is 1. The highest BCUT2D eigenvalue weighted by atomic mass is 79.9. The maximum atomic E-state index is 13.9. The lowest BCUT2D eigenvalue weighted by molar-refractivity contribution is 0.623. The van der Waals surface area contributed by atoms with Crippen molar-refractivity contribution in [3.05, 3.63) is 52.5 Å². The van der Waals surface area contributed by atoms with Gasteiger partial charge in [0.05, 0.1) is 21.1 Å². The van der Waals surface area contributed by atoms with Crippen LogP contribution in [0.3, 0.4) is 0 Å². The lowest BCUT2D eigenvalue weighted by Crippen LogP contribution is -1.87. The molecule has 0 spiro atoms. The molecule has 0 bridgehead atoms. The van der Waals surface area contributed by atoms with E-state index in [1.54, 1.807) is 24.3 Å². The zero-order chi connectivity index (χ0) is 12.7. The van der Waals surface area contributed by atoms with E-state index in [1.165, 1.54) is 12.1 Å². The molecule has 0 radical (unpaired) electrons. The maximum absolute atomic E-state index is 13.9. The van der Waals surface area contributed by atoms with Crippen LogP contribution in [0, 0.1) is 11.6 Å². The molecule has 0 aliphatic carbocycles. The molecular weight excluding hydrogens is 302 g/mol. The number of H-pyrrole nitrogens is 1. The second-order valence-corrected chi connectivity index (χ2v) is 4.70. The number of benzene rings is 2. The van der Waals surface area contributed by atoms with Gasteiger partial charge in [-0.25, -0.2) is 13.8 Å². The van der Waals surface area contributed by atoms with Gasteiger partial charge in [-0.15, -0.1) is 0 Å². The lowest BCUT2D eigenvalue weighted by atomic mass is 10.2. The summed E-state index contributed by atoms with van der Waals surface area (Å²) >= 11 is 3.12. The minimum atomic E-state index is -0.392. The van der Waals surface area contributed by atoms with Crippen LogP contribution >= 0.6 is 15.9 Å². The van der Waals surface area contributed by atoms with Crippen LogP contribution in [0.2, 0.25) is 0 Å². The fourth-order valence-electron chi connectivity index (χ4n) is 1.80. The molecule has 2 nitrogen and oxygen atoms in total. The topological polar surface area (TPSA) is 28.7 Å². The molecule has 0 saturated heterocycles. The molecule has 1 heterocycles. The number of aromatic amines is 1. The van der Waals surface area contributed by atoms with E-state index >= 15 is 0 Å². The normalized spacial score (nSPS) is 11.1. The highest BCUT2D eigenvalue weighted by molar-refractivity contribution is 9.10. The third-order valence-electron chi connectivity index (χ3n) is 2.65. The van der Waals surface area contributed by atoms with Crippen LogP contribution in [0.15, 0.2) is 40.9 Å². The first-order valence-electron chi connectivity index (χ1n) is 5.25. The van der Waals surface area contributed by atoms with E-state index in [1.807, 2.05) is 0 Å². The zero-order valence-electron chi connectivity index (χ0n) is 9.05. The molecule has 2 aromatic carbocycles. The van der Waals surface area contributed by atoms with Crippen LogP contribution in [-0.2, 0) is 0 Å². The fraction of sp³-hybridized carbons (Fsp3) is 0. The lowest BCUT2D eigenvalue weighted by Gasteiger charge is -2.00. The minimum Gasteiger partial charge on any atom is -0.338 e. The predicted octanol–water partition coefficient (Wildman–Crippen LogP) is 4.27. The third-order valence-corrected chi connectivity index (χ3v) is 3.26. The van der Waals surface area contributed by atoms with E-state index in [-0.39, 0.29) is 5.82 Å². The first-order chi connectivity index (χ1) is 8.65. The summed E-state index contributed by atoms with van der Waals surface area (Å²) in [6, 6.07) is 9.16. The van der Waals surface area contributed by atoms with Crippen molar-refractivity contribution in [2.45, 2.75) is 0 Å². The molecule has 0 aliphatic rings. The third kappa shape index (κ3) is 1.80. The Morgan fingerprint density at radius 2 is 1.94 bits per heavy atom. The summed E-state index contributed by atoms with van der Waals surface area (Å²) in [6.07, 6.45) is 0. The first-order valence-corrected chi connectivity index (χ1v) is 6.04. The molecule has 0 unspecified atom stereocenters. The molecule has 0 amide bonds. The van der Waals surface area contributed by atoms with Crippen molar-refractivity contribution >= 4 is 27.0 Å². The van der Waals surface area contributed by atoms with Gasteiger partial charge in [-0.3, -0.25) is 0 Å². The van der Waals surface area contributed by atoms with Crippen molar-refractivity contribution in [2.24, 2.45) is 0 Å². The van der Waals surface area contributed by atoms with Gasteiger partial charge in [0, 0.05) is 0 Å². The summed E-state index contributed by atoms with van der Waals surface area (Å²) in [4.78, 5) is 7.15. The number of halogens is 3. The molecule has 5 heteroatoms. The van der Waals surface area contributed by atoms with Gasteiger partial charge in [-0.1, -0.05) is 6.07 Å². The standard InChI is InChI=1S/C13H7BrF2N2/c14-9-3-1-2-8(12(9)16)13-17-10-5-4-7(15)6-11(10)18-13/h1-6H,(H,17,18). The van der Waals surface area contributed by atoms with E-state index in [9.17, 15) is 8.78 Å². The predicted molar refractivity (Wildman–Crippen MR) is 69.1 cm³/mol. The van der Waals surface area contributed by atoms with Crippen LogP contribution < -0.4 is 0 Å². The molecule has 1 N–H and O–H groups in total. The molecule has 1 aromatic heterocycles. The Bertz CT molecular complexity index is 737. The molecule has 0 aliphatic heterocycles. The Balaban J connectivity index is 2.22. The fourth-order valence-corrected chi connectivity index (χ4v) is 2.16. The number of aromatic nitrogens is 2. The van der Waals surface area contributed by atoms with Gasteiger partial charge in [-0.2, -0.15) is 0 Å². The molecular formula is C13H7BrF2N2. The van der Waals surface area contributed by atoms with Crippen LogP contribution in [0.25, 0.3) is 22.4 Å². The summed E-state index contributed by atoms with van der Waals surface area (Å²) in [5.41, 5.74) is 1.50. The quantitative estimate of drug-likeness (QED) is 0.714. The second-order valence-electron chi connectivity index (χ2n) is 3.85. The summed E-state index contributed by atoms with van der Waals surface area (Å²) in [6.45, 7) is 0. The number of hydrogen-bond donors (Lipinski definition) is 1. The molecule has 0 fully saturated rings. The second kappa shape index (κ2) is 4.17. The van der Waals surface area contributed by atoms with Crippen molar-refractivity contribution in [1.29, 1.82) is 0 Å². The Morgan fingerprint density at radius 3 is 2.78 bits per heavy atom. The summed E-state index contributed by atoms with van der Waals surface area (Å²) < 4.78 is 27.3. The van der Waals surface area contributed by atoms with Crippen molar-refractivity contribution in [3.8, 4) is 11.4 Å². The Kier molecular flexibility index (Phi) is 2.63. The highest BCUT2D eigenvalue weighted by Crippen LogP contribution is 2.27. The van der Waals surface area contributed by atoms with Crippen LogP contribution in [0.5, 0.6) is 0 Å². The van der Waals surface area contributed by atoms with Crippen LogP contribution in [0.1, 0.15) is 0 Å². The molecule has 3 rings (SSSR count). The molecule has 0 saturated carbocycles. The van der Waals surface area contributed by atoms with Gasteiger partial charge in [0.1, 0.15) is 17.5 Å². The largest absolute Gasteiger partial charge is 0.338 e. The summed E-state index contributed by atoms with van der Waals surface area (Å²) in [5, 5.41) is 0. The number of nitrogens with zero attached hydrogens (tertiary/aromatic N) is 1. The Hall–Kier alpha value is -1.75. The maximum Gasteiger partial charge on any atom is 0.148 e. The van der Waals surface area contributed by atoms with Crippen molar-refractivity contribution in [2.75, 3.05) is 0 Å². The van der Waals surface area contributed by atoms with Gasteiger partial charge < -0.3 is 4.98 Å². The van der Waals surface area contributed by atoms with Gasteiger partial charge in [-0.05, 0) is 46.3 Å². The molecule has 90 valence electrons. The van der Waals surface area contributed by atoms with E-state index in [2.05, 4.69) is 25.9 Å². The number of nitrogens with one attached hydrogen (secondary N) is 1. The van der Waals surface area contributed by atoms with Crippen LogP contribution in [-0.4, -0.2) is 9.97 Å². The van der Waals surface area contributed by atoms with E-state index in [4.69, 9.17) is 0 Å². The van der Waals surface area contributed by atoms with E-state index in [0.29, 0.717) is 26.9 Å². The number of rotatable bonds is 1. The average molecular weight is 309 g/mol. The van der Waals surface area contributed by atoms with Gasteiger partial charge in [0.2, 0.25) is 0 Å². The monoisotopic (exact) mass is 308 g/mol. The van der Waals surface area contributed by atoms with E-state index < -0.39 is 5.82 Å². The number of hydrogen-bond acceptors (Lipinski definition) is 1. The number of fused-ring (bicyclic) bond motifs is 1.